The Kier molecular flexibility index (Phi) is 5.12. The fraction of sp³-hybridized carbons (Fsp3) is 0.100. The van der Waals surface area contributed by atoms with Crippen molar-refractivity contribution >= 4 is 28.9 Å². The van der Waals surface area contributed by atoms with Crippen molar-refractivity contribution in [1.29, 1.82) is 0 Å². The van der Waals surface area contributed by atoms with E-state index < -0.39 is 0 Å². The predicted molar refractivity (Wildman–Crippen MR) is 137 cm³/mol. The molecule has 0 aromatic heterocycles. The van der Waals surface area contributed by atoms with E-state index in [9.17, 15) is 4.79 Å². The number of rotatable bonds is 4. The van der Waals surface area contributed by atoms with Gasteiger partial charge in [0.05, 0.1) is 16.6 Å². The molecule has 1 N–H and O–H groups in total. The quantitative estimate of drug-likeness (QED) is 0.356. The summed E-state index contributed by atoms with van der Waals surface area (Å²) in [5, 5.41) is 3.54. The number of fused-ring (bicyclic) bond motifs is 3. The molecule has 0 saturated heterocycles. The summed E-state index contributed by atoms with van der Waals surface area (Å²) in [4.78, 5) is 14.7. The maximum atomic E-state index is 13.5. The van der Waals surface area contributed by atoms with Crippen LogP contribution in [0.4, 0.5) is 5.69 Å². The highest BCUT2D eigenvalue weighted by Gasteiger charge is 2.37. The lowest BCUT2D eigenvalue weighted by molar-refractivity contribution is 0.103. The van der Waals surface area contributed by atoms with E-state index >= 15 is 0 Å². The van der Waals surface area contributed by atoms with Gasteiger partial charge >= 0.3 is 0 Å². The third-order valence-electron chi connectivity index (χ3n) is 6.44. The van der Waals surface area contributed by atoms with Crippen molar-refractivity contribution in [3.05, 3.63) is 137 Å². The van der Waals surface area contributed by atoms with Gasteiger partial charge in [-0.05, 0) is 41.7 Å². The van der Waals surface area contributed by atoms with E-state index in [1.54, 1.807) is 11.8 Å². The number of anilines is 1. The zero-order valence-electron chi connectivity index (χ0n) is 18.1. The van der Waals surface area contributed by atoms with Crippen LogP contribution >= 0.6 is 11.8 Å². The zero-order chi connectivity index (χ0) is 22.2. The normalized spacial score (nSPS) is 16.5. The fourth-order valence-electron chi connectivity index (χ4n) is 4.71. The molecule has 4 aromatic rings. The lowest BCUT2D eigenvalue weighted by atomic mass is 9.98. The number of benzene rings is 4. The molecule has 2 nitrogen and oxygen atoms in total. The first kappa shape index (κ1) is 20.1. The third kappa shape index (κ3) is 3.69. The summed E-state index contributed by atoms with van der Waals surface area (Å²) in [6.07, 6.45) is 2.03. The first-order valence-electron chi connectivity index (χ1n) is 11.3. The van der Waals surface area contributed by atoms with Crippen molar-refractivity contribution in [3.63, 3.8) is 0 Å². The van der Waals surface area contributed by atoms with Crippen molar-refractivity contribution in [2.45, 2.75) is 23.0 Å². The van der Waals surface area contributed by atoms with Crippen LogP contribution in [-0.4, -0.2) is 5.78 Å². The molecule has 2 aliphatic rings. The summed E-state index contributed by atoms with van der Waals surface area (Å²) in [6.45, 7) is 0. The number of hydrogen-bond donors (Lipinski definition) is 1. The van der Waals surface area contributed by atoms with Gasteiger partial charge in [-0.3, -0.25) is 4.79 Å². The number of aryl methyl sites for hydroxylation is 2. The Hall–Kier alpha value is -3.56. The number of nitrogens with one attached hydrogen (secondary N) is 1. The summed E-state index contributed by atoms with van der Waals surface area (Å²) in [6, 6.07) is 35.7. The molecule has 0 radical (unpaired) electrons. The molecule has 1 atom stereocenters. The van der Waals surface area contributed by atoms with Crippen molar-refractivity contribution in [3.8, 4) is 0 Å². The van der Waals surface area contributed by atoms with Crippen molar-refractivity contribution in [2.75, 3.05) is 5.32 Å². The molecule has 33 heavy (non-hydrogen) atoms. The number of hydrogen-bond acceptors (Lipinski definition) is 3. The molecule has 4 aromatic carbocycles. The predicted octanol–water partition coefficient (Wildman–Crippen LogP) is 7.34. The topological polar surface area (TPSA) is 29.1 Å². The van der Waals surface area contributed by atoms with Gasteiger partial charge in [0.25, 0.3) is 0 Å². The van der Waals surface area contributed by atoms with Crippen LogP contribution in [0.15, 0.2) is 114 Å². The molecule has 0 spiro atoms. The molecule has 0 fully saturated rings. The lowest BCUT2D eigenvalue weighted by Gasteiger charge is -2.18. The van der Waals surface area contributed by atoms with E-state index in [1.165, 1.54) is 11.1 Å². The fourth-order valence-corrected chi connectivity index (χ4v) is 6.00. The number of Topliss-reactive ketones (excluding diaryl/α,β-unsaturated/α-hetero) is 1. The minimum Gasteiger partial charge on any atom is -0.354 e. The van der Waals surface area contributed by atoms with Crippen LogP contribution in [0.25, 0.3) is 5.70 Å². The van der Waals surface area contributed by atoms with Crippen molar-refractivity contribution in [1.82, 2.24) is 0 Å². The number of carbonyl (C=O) groups is 1. The van der Waals surface area contributed by atoms with Crippen LogP contribution in [0.2, 0.25) is 0 Å². The van der Waals surface area contributed by atoms with Gasteiger partial charge in [0, 0.05) is 21.6 Å². The Balaban J connectivity index is 1.36. The average molecular weight is 446 g/mol. The molecular weight excluding hydrogens is 422 g/mol. The summed E-state index contributed by atoms with van der Waals surface area (Å²) >= 11 is 1.76. The van der Waals surface area contributed by atoms with Crippen molar-refractivity contribution in [2.24, 2.45) is 0 Å². The molecule has 1 aliphatic carbocycles. The highest BCUT2D eigenvalue weighted by atomic mass is 32.2. The van der Waals surface area contributed by atoms with Gasteiger partial charge in [0.1, 0.15) is 0 Å². The summed E-state index contributed by atoms with van der Waals surface area (Å²) < 4.78 is 0. The van der Waals surface area contributed by atoms with Crippen LogP contribution in [-0.2, 0) is 12.8 Å². The van der Waals surface area contributed by atoms with Gasteiger partial charge < -0.3 is 5.32 Å². The Labute approximate surface area is 198 Å². The van der Waals surface area contributed by atoms with Crippen LogP contribution in [0, 0.1) is 0 Å². The Morgan fingerprint density at radius 1 is 0.667 bits per heavy atom. The average Bonchev–Trinajstić information content (AvgIpc) is 3.03. The molecule has 3 heteroatoms. The molecule has 6 rings (SSSR count). The van der Waals surface area contributed by atoms with Crippen LogP contribution in [0.3, 0.4) is 0 Å². The standard InChI is InChI=1S/C30H23NOS/c32-29-24-11-5-4-10-23(24)28-27(29)30(33-26-13-7-6-12-25(26)31-28)22-18-16-21(17-19-22)15-14-20-8-2-1-3-9-20/h1-13,16-19,30-31H,14-15H2. The van der Waals surface area contributed by atoms with E-state index in [0.717, 1.165) is 51.4 Å². The zero-order valence-corrected chi connectivity index (χ0v) is 18.9. The number of carbonyl (C=O) groups excluding carboxylic acids is 1. The number of thioether (sulfide) groups is 1. The number of para-hydroxylation sites is 1. The second kappa shape index (κ2) is 8.42. The molecular formula is C30H23NOS. The second-order valence-electron chi connectivity index (χ2n) is 8.51. The Morgan fingerprint density at radius 2 is 1.30 bits per heavy atom. The van der Waals surface area contributed by atoms with Gasteiger partial charge in [-0.15, -0.1) is 11.8 Å². The van der Waals surface area contributed by atoms with Gasteiger partial charge in [-0.2, -0.15) is 0 Å². The monoisotopic (exact) mass is 445 g/mol. The molecule has 1 heterocycles. The summed E-state index contributed by atoms with van der Waals surface area (Å²) in [5.74, 6) is 0.131. The van der Waals surface area contributed by atoms with Crippen LogP contribution in [0.1, 0.15) is 37.9 Å². The van der Waals surface area contributed by atoms with E-state index in [4.69, 9.17) is 0 Å². The highest BCUT2D eigenvalue weighted by molar-refractivity contribution is 8.00. The Bertz CT molecular complexity index is 1370. The molecule has 160 valence electrons. The molecule has 0 saturated carbocycles. The highest BCUT2D eigenvalue weighted by Crippen LogP contribution is 2.52. The van der Waals surface area contributed by atoms with Crippen LogP contribution < -0.4 is 5.32 Å². The maximum absolute atomic E-state index is 13.5. The summed E-state index contributed by atoms with van der Waals surface area (Å²) in [7, 11) is 0. The van der Waals surface area contributed by atoms with Gasteiger partial charge in [-0.1, -0.05) is 91.0 Å². The van der Waals surface area contributed by atoms with Gasteiger partial charge in [0.15, 0.2) is 5.78 Å². The van der Waals surface area contributed by atoms with Crippen LogP contribution in [0.5, 0.6) is 0 Å². The smallest absolute Gasteiger partial charge is 0.193 e. The Morgan fingerprint density at radius 3 is 2.09 bits per heavy atom. The minimum atomic E-state index is -0.0563. The third-order valence-corrected chi connectivity index (χ3v) is 7.79. The minimum absolute atomic E-state index is 0.0563. The van der Waals surface area contributed by atoms with E-state index in [2.05, 4.69) is 78.1 Å². The second-order valence-corrected chi connectivity index (χ2v) is 9.66. The largest absolute Gasteiger partial charge is 0.354 e. The SMILES string of the molecule is O=C1C2=C(Nc3ccccc3SC2c2ccc(CCc3ccccc3)cc2)c2ccccc21. The lowest BCUT2D eigenvalue weighted by Crippen LogP contribution is -2.07. The number of ketones is 1. The van der Waals surface area contributed by atoms with E-state index in [-0.39, 0.29) is 11.0 Å². The van der Waals surface area contributed by atoms with Gasteiger partial charge in [0.2, 0.25) is 0 Å². The van der Waals surface area contributed by atoms with Gasteiger partial charge in [-0.25, -0.2) is 0 Å². The first-order chi connectivity index (χ1) is 16.3. The van der Waals surface area contributed by atoms with E-state index in [1.807, 2.05) is 30.3 Å². The maximum Gasteiger partial charge on any atom is 0.193 e. The molecule has 0 amide bonds. The molecule has 1 aliphatic heterocycles. The molecule has 1 unspecified atom stereocenters. The van der Waals surface area contributed by atoms with E-state index in [0.29, 0.717) is 0 Å². The molecule has 0 bridgehead atoms. The summed E-state index contributed by atoms with van der Waals surface area (Å²) in [5.41, 5.74) is 8.49. The first-order valence-corrected chi connectivity index (χ1v) is 12.2. The van der Waals surface area contributed by atoms with Crippen molar-refractivity contribution < 1.29 is 4.79 Å².